The molecule has 136 valence electrons. The van der Waals surface area contributed by atoms with Gasteiger partial charge in [-0.1, -0.05) is 33.3 Å². The van der Waals surface area contributed by atoms with Crippen LogP contribution in [-0.4, -0.2) is 41.1 Å². The van der Waals surface area contributed by atoms with E-state index in [0.29, 0.717) is 10.8 Å². The van der Waals surface area contributed by atoms with Gasteiger partial charge in [0.25, 0.3) is 0 Å². The lowest BCUT2D eigenvalue weighted by Gasteiger charge is -2.11. The van der Waals surface area contributed by atoms with Gasteiger partial charge in [0.1, 0.15) is 12.1 Å². The van der Waals surface area contributed by atoms with E-state index in [9.17, 15) is 4.79 Å². The van der Waals surface area contributed by atoms with Crippen LogP contribution in [0.25, 0.3) is 11.0 Å². The van der Waals surface area contributed by atoms with Crippen molar-refractivity contribution in [1.82, 2.24) is 35.2 Å². The average Bonchev–Trinajstić information content (AvgIpc) is 3.24. The van der Waals surface area contributed by atoms with Gasteiger partial charge >= 0.3 is 0 Å². The first kappa shape index (κ1) is 17.6. The fraction of sp³-hybridized carbons (Fsp3) is 0.125. The molecule has 11 heteroatoms. The maximum atomic E-state index is 12.6. The number of hydrogen-bond acceptors (Lipinski definition) is 7. The Morgan fingerprint density at radius 2 is 2.04 bits per heavy atom. The standard InChI is InChI=1S/C16H13BrN8OS/c1-24-16(20-21-23-24)27-14-7-6-10(17)8-12(14)18-15(26)9-25-13-5-3-2-4-11(13)19-22-25/h2-8H,9H2,1H3,(H,18,26). The summed E-state index contributed by atoms with van der Waals surface area (Å²) >= 11 is 4.80. The number of nitrogens with zero attached hydrogens (tertiary/aromatic N) is 7. The van der Waals surface area contributed by atoms with Gasteiger partial charge in [-0.05, 0) is 52.5 Å². The van der Waals surface area contributed by atoms with Crippen molar-refractivity contribution in [2.45, 2.75) is 16.6 Å². The highest BCUT2D eigenvalue weighted by Gasteiger charge is 2.14. The molecule has 1 amide bonds. The number of halogens is 1. The summed E-state index contributed by atoms with van der Waals surface area (Å²) < 4.78 is 3.99. The lowest BCUT2D eigenvalue weighted by atomic mass is 10.3. The van der Waals surface area contributed by atoms with Crippen molar-refractivity contribution in [2.24, 2.45) is 7.05 Å². The Morgan fingerprint density at radius 1 is 1.19 bits per heavy atom. The van der Waals surface area contributed by atoms with Crippen molar-refractivity contribution in [1.29, 1.82) is 0 Å². The number of hydrogen-bond donors (Lipinski definition) is 1. The minimum absolute atomic E-state index is 0.0582. The van der Waals surface area contributed by atoms with Crippen molar-refractivity contribution in [3.05, 3.63) is 46.9 Å². The first-order chi connectivity index (χ1) is 13.1. The molecule has 9 nitrogen and oxygen atoms in total. The van der Waals surface area contributed by atoms with Gasteiger partial charge in [-0.3, -0.25) is 4.79 Å². The van der Waals surface area contributed by atoms with E-state index in [0.717, 1.165) is 20.4 Å². The van der Waals surface area contributed by atoms with Crippen molar-refractivity contribution >= 4 is 50.3 Å². The van der Waals surface area contributed by atoms with Gasteiger partial charge in [0.15, 0.2) is 0 Å². The number of carbonyl (C=O) groups is 1. The summed E-state index contributed by atoms with van der Waals surface area (Å²) in [6.45, 7) is 0.0582. The molecule has 0 atom stereocenters. The summed E-state index contributed by atoms with van der Waals surface area (Å²) in [5.74, 6) is -0.207. The van der Waals surface area contributed by atoms with Gasteiger partial charge in [0.05, 0.1) is 11.2 Å². The van der Waals surface area contributed by atoms with Crippen molar-refractivity contribution in [2.75, 3.05) is 5.32 Å². The zero-order valence-electron chi connectivity index (χ0n) is 14.1. The highest BCUT2D eigenvalue weighted by molar-refractivity contribution is 9.10. The highest BCUT2D eigenvalue weighted by Crippen LogP contribution is 2.33. The molecule has 0 aliphatic heterocycles. The number of carbonyl (C=O) groups excluding carboxylic acids is 1. The van der Waals surface area contributed by atoms with E-state index in [1.807, 2.05) is 42.5 Å². The van der Waals surface area contributed by atoms with E-state index in [-0.39, 0.29) is 12.5 Å². The number of aromatic nitrogens is 7. The van der Waals surface area contributed by atoms with Gasteiger partial charge in [-0.2, -0.15) is 0 Å². The minimum atomic E-state index is -0.207. The fourth-order valence-electron chi connectivity index (χ4n) is 2.45. The predicted octanol–water partition coefficient (Wildman–Crippen LogP) is 2.51. The summed E-state index contributed by atoms with van der Waals surface area (Å²) in [5, 5.41) is 23.1. The topological polar surface area (TPSA) is 103 Å². The van der Waals surface area contributed by atoms with E-state index in [1.54, 1.807) is 16.4 Å². The zero-order chi connectivity index (χ0) is 18.8. The molecule has 0 radical (unpaired) electrons. The average molecular weight is 445 g/mol. The first-order valence-corrected chi connectivity index (χ1v) is 9.49. The molecular weight excluding hydrogens is 432 g/mol. The van der Waals surface area contributed by atoms with Crippen molar-refractivity contribution in [3.63, 3.8) is 0 Å². The SMILES string of the molecule is Cn1nnnc1Sc1ccc(Br)cc1NC(=O)Cn1nnc2ccccc21. The molecule has 0 saturated carbocycles. The lowest BCUT2D eigenvalue weighted by Crippen LogP contribution is -2.20. The van der Waals surface area contributed by atoms with Gasteiger partial charge in [-0.25, -0.2) is 9.36 Å². The molecular formula is C16H13BrN8OS. The molecule has 2 heterocycles. The number of amides is 1. The third-order valence-electron chi connectivity index (χ3n) is 3.71. The van der Waals surface area contributed by atoms with Crippen LogP contribution in [0, 0.1) is 0 Å². The molecule has 0 spiro atoms. The van der Waals surface area contributed by atoms with Crippen molar-refractivity contribution < 1.29 is 4.79 Å². The van der Waals surface area contributed by atoms with Gasteiger partial charge < -0.3 is 5.32 Å². The second kappa shape index (κ2) is 7.45. The molecule has 0 bridgehead atoms. The molecule has 4 rings (SSSR count). The molecule has 2 aromatic carbocycles. The molecule has 0 aliphatic rings. The number of para-hydroxylation sites is 1. The Hall–Kier alpha value is -2.79. The molecule has 27 heavy (non-hydrogen) atoms. The number of fused-ring (bicyclic) bond motifs is 1. The van der Waals surface area contributed by atoms with Crippen LogP contribution in [0.2, 0.25) is 0 Å². The summed E-state index contributed by atoms with van der Waals surface area (Å²) in [6, 6.07) is 13.1. The smallest absolute Gasteiger partial charge is 0.246 e. The third kappa shape index (κ3) is 3.83. The van der Waals surface area contributed by atoms with Gasteiger partial charge in [-0.15, -0.1) is 10.2 Å². The Bertz CT molecular complexity index is 1120. The predicted molar refractivity (Wildman–Crippen MR) is 103 cm³/mol. The summed E-state index contributed by atoms with van der Waals surface area (Å²) in [7, 11) is 1.76. The normalized spacial score (nSPS) is 11.0. The summed E-state index contributed by atoms with van der Waals surface area (Å²) in [4.78, 5) is 13.4. The van der Waals surface area contributed by atoms with E-state index < -0.39 is 0 Å². The van der Waals surface area contributed by atoms with Crippen LogP contribution >= 0.6 is 27.7 Å². The first-order valence-electron chi connectivity index (χ1n) is 7.88. The fourth-order valence-corrected chi connectivity index (χ4v) is 3.61. The largest absolute Gasteiger partial charge is 0.323 e. The summed E-state index contributed by atoms with van der Waals surface area (Å²) in [5.41, 5.74) is 2.22. The van der Waals surface area contributed by atoms with Crippen LogP contribution in [0.1, 0.15) is 0 Å². The monoisotopic (exact) mass is 444 g/mol. The Kier molecular flexibility index (Phi) is 4.86. The lowest BCUT2D eigenvalue weighted by molar-refractivity contribution is -0.116. The Balaban J connectivity index is 1.55. The molecule has 4 aromatic rings. The second-order valence-corrected chi connectivity index (χ2v) is 7.54. The zero-order valence-corrected chi connectivity index (χ0v) is 16.5. The quantitative estimate of drug-likeness (QED) is 0.504. The van der Waals surface area contributed by atoms with E-state index in [2.05, 4.69) is 47.1 Å². The second-order valence-electron chi connectivity index (χ2n) is 5.61. The minimum Gasteiger partial charge on any atom is -0.323 e. The molecule has 1 N–H and O–H groups in total. The van der Waals surface area contributed by atoms with Crippen molar-refractivity contribution in [3.8, 4) is 0 Å². The van der Waals surface area contributed by atoms with Crippen LogP contribution in [0.4, 0.5) is 5.69 Å². The van der Waals surface area contributed by atoms with Gasteiger partial charge in [0, 0.05) is 16.4 Å². The maximum absolute atomic E-state index is 12.6. The molecule has 2 aromatic heterocycles. The van der Waals surface area contributed by atoms with Crippen LogP contribution in [0.3, 0.4) is 0 Å². The maximum Gasteiger partial charge on any atom is 0.246 e. The van der Waals surface area contributed by atoms with E-state index in [4.69, 9.17) is 0 Å². The summed E-state index contributed by atoms with van der Waals surface area (Å²) in [6.07, 6.45) is 0. The number of benzene rings is 2. The number of rotatable bonds is 5. The third-order valence-corrected chi connectivity index (χ3v) is 5.31. The van der Waals surface area contributed by atoms with Crippen LogP contribution in [0.15, 0.2) is 57.0 Å². The number of anilines is 1. The van der Waals surface area contributed by atoms with Gasteiger partial charge in [0.2, 0.25) is 11.1 Å². The highest BCUT2D eigenvalue weighted by atomic mass is 79.9. The number of tetrazole rings is 1. The Labute approximate surface area is 166 Å². The Morgan fingerprint density at radius 3 is 2.85 bits per heavy atom. The number of aryl methyl sites for hydroxylation is 1. The molecule has 0 unspecified atom stereocenters. The molecule has 0 fully saturated rings. The van der Waals surface area contributed by atoms with E-state index in [1.165, 1.54) is 11.8 Å². The van der Waals surface area contributed by atoms with Crippen LogP contribution < -0.4 is 5.32 Å². The van der Waals surface area contributed by atoms with E-state index >= 15 is 0 Å². The molecule has 0 saturated heterocycles. The van der Waals surface area contributed by atoms with Crippen LogP contribution in [-0.2, 0) is 18.4 Å². The number of nitrogens with one attached hydrogen (secondary N) is 1. The molecule has 0 aliphatic carbocycles. The van der Waals surface area contributed by atoms with Crippen LogP contribution in [0.5, 0.6) is 0 Å².